The number of benzene rings is 1. The summed E-state index contributed by atoms with van der Waals surface area (Å²) in [5.41, 5.74) is 1.61. The summed E-state index contributed by atoms with van der Waals surface area (Å²) in [5.74, 6) is 0.187. The van der Waals surface area contributed by atoms with Gasteiger partial charge in [-0.1, -0.05) is 6.07 Å². The summed E-state index contributed by atoms with van der Waals surface area (Å²) in [7, 11) is -1.82. The largest absolute Gasteiger partial charge is 0.497 e. The molecule has 9 heteroatoms. The summed E-state index contributed by atoms with van der Waals surface area (Å²) in [6, 6.07) is 8.65. The number of sulfonamides is 1. The number of amides is 1. The highest BCUT2D eigenvalue weighted by Gasteiger charge is 2.26. The van der Waals surface area contributed by atoms with Gasteiger partial charge in [-0.15, -0.1) is 0 Å². The van der Waals surface area contributed by atoms with Gasteiger partial charge in [0, 0.05) is 25.8 Å². The number of H-pyrrole nitrogens is 1. The number of aromatic amines is 1. The molecule has 0 spiro atoms. The Bertz CT molecular complexity index is 1020. The molecule has 28 heavy (non-hydrogen) atoms. The van der Waals surface area contributed by atoms with Crippen molar-refractivity contribution < 1.29 is 17.9 Å². The van der Waals surface area contributed by atoms with Gasteiger partial charge in [0.1, 0.15) is 11.3 Å². The van der Waals surface area contributed by atoms with Gasteiger partial charge in [-0.25, -0.2) is 8.42 Å². The fourth-order valence-electron chi connectivity index (χ4n) is 3.15. The lowest BCUT2D eigenvalue weighted by atomic mass is 10.0. The molecule has 0 bridgehead atoms. The molecule has 0 fully saturated rings. The quantitative estimate of drug-likeness (QED) is 0.665. The lowest BCUT2D eigenvalue weighted by molar-refractivity contribution is 0.0952. The second-order valence-electron chi connectivity index (χ2n) is 6.56. The maximum atomic E-state index is 12.6. The van der Waals surface area contributed by atoms with Crippen LogP contribution in [0.2, 0.25) is 0 Å². The molecule has 0 radical (unpaired) electrons. The number of carbonyl (C=O) groups excluding carboxylic acids is 1. The number of methoxy groups -OCH3 is 1. The smallest absolute Gasteiger partial charge is 0.260 e. The first kappa shape index (κ1) is 20.1. The Morgan fingerprint density at radius 2 is 2.11 bits per heavy atom. The minimum absolute atomic E-state index is 0.00780. The monoisotopic (exact) mass is 405 g/mol. The molecule has 150 valence electrons. The summed E-state index contributed by atoms with van der Waals surface area (Å²) in [5, 5.41) is 2.59. The van der Waals surface area contributed by atoms with Crippen molar-refractivity contribution in [3.8, 4) is 5.75 Å². The first-order valence-corrected chi connectivity index (χ1v) is 10.6. The maximum Gasteiger partial charge on any atom is 0.260 e. The van der Waals surface area contributed by atoms with Gasteiger partial charge >= 0.3 is 0 Å². The van der Waals surface area contributed by atoms with Gasteiger partial charge in [-0.05, 0) is 48.2 Å². The number of hydrogen-bond acceptors (Lipinski definition) is 5. The van der Waals surface area contributed by atoms with Crippen molar-refractivity contribution in [1.29, 1.82) is 0 Å². The average Bonchev–Trinajstić information content (AvgIpc) is 2.70. The molecule has 0 atom stereocenters. The fraction of sp³-hybridized carbons (Fsp3) is 0.368. The van der Waals surface area contributed by atoms with Crippen LogP contribution in [0.25, 0.3) is 0 Å². The van der Waals surface area contributed by atoms with Gasteiger partial charge in [0.25, 0.3) is 11.5 Å². The SMILES string of the molecule is COc1ccc2c(c1)CCN(S(=O)(=O)CCCNC(=O)c1ccc[nH]c1=O)C2. The van der Waals surface area contributed by atoms with E-state index in [1.807, 2.05) is 18.2 Å². The number of ether oxygens (including phenoxy) is 1. The first-order chi connectivity index (χ1) is 13.4. The second kappa shape index (κ2) is 8.57. The van der Waals surface area contributed by atoms with Crippen molar-refractivity contribution in [2.45, 2.75) is 19.4 Å². The normalized spacial score (nSPS) is 14.3. The molecule has 1 aliphatic rings. The van der Waals surface area contributed by atoms with Crippen LogP contribution in [0.1, 0.15) is 27.9 Å². The summed E-state index contributed by atoms with van der Waals surface area (Å²) in [6.07, 6.45) is 2.35. The van der Waals surface area contributed by atoms with Crippen LogP contribution in [-0.2, 0) is 23.0 Å². The van der Waals surface area contributed by atoms with Crippen LogP contribution >= 0.6 is 0 Å². The summed E-state index contributed by atoms with van der Waals surface area (Å²) >= 11 is 0. The van der Waals surface area contributed by atoms with E-state index in [1.165, 1.54) is 16.6 Å². The molecule has 1 aromatic carbocycles. The minimum atomic E-state index is -3.43. The molecule has 2 heterocycles. The molecular weight excluding hydrogens is 382 g/mol. The number of pyridine rings is 1. The lowest BCUT2D eigenvalue weighted by Gasteiger charge is -2.28. The molecule has 0 aliphatic carbocycles. The molecule has 1 aliphatic heterocycles. The van der Waals surface area contributed by atoms with E-state index in [9.17, 15) is 18.0 Å². The van der Waals surface area contributed by atoms with E-state index in [2.05, 4.69) is 10.3 Å². The highest BCUT2D eigenvalue weighted by Crippen LogP contribution is 2.25. The number of carbonyl (C=O) groups is 1. The average molecular weight is 405 g/mol. The van der Waals surface area contributed by atoms with Crippen LogP contribution in [0.15, 0.2) is 41.3 Å². The third kappa shape index (κ3) is 4.60. The minimum Gasteiger partial charge on any atom is -0.497 e. The molecule has 2 aromatic rings. The number of nitrogens with one attached hydrogen (secondary N) is 2. The van der Waals surface area contributed by atoms with E-state index in [0.717, 1.165) is 16.9 Å². The summed E-state index contributed by atoms with van der Waals surface area (Å²) in [6.45, 7) is 0.940. The van der Waals surface area contributed by atoms with E-state index < -0.39 is 21.5 Å². The predicted molar refractivity (Wildman–Crippen MR) is 105 cm³/mol. The zero-order valence-electron chi connectivity index (χ0n) is 15.6. The van der Waals surface area contributed by atoms with E-state index in [4.69, 9.17) is 4.74 Å². The van der Waals surface area contributed by atoms with Gasteiger partial charge in [0.15, 0.2) is 0 Å². The molecule has 0 saturated heterocycles. The van der Waals surface area contributed by atoms with Crippen LogP contribution < -0.4 is 15.6 Å². The molecule has 1 aromatic heterocycles. The molecule has 2 N–H and O–H groups in total. The lowest BCUT2D eigenvalue weighted by Crippen LogP contribution is -2.38. The molecule has 8 nitrogen and oxygen atoms in total. The van der Waals surface area contributed by atoms with Crippen molar-refractivity contribution in [3.63, 3.8) is 0 Å². The van der Waals surface area contributed by atoms with Crippen LogP contribution in [-0.4, -0.2) is 49.6 Å². The van der Waals surface area contributed by atoms with Crippen LogP contribution in [0, 0.1) is 0 Å². The number of nitrogens with zero attached hydrogens (tertiary/aromatic N) is 1. The van der Waals surface area contributed by atoms with Crippen LogP contribution in [0.3, 0.4) is 0 Å². The van der Waals surface area contributed by atoms with Gasteiger partial charge < -0.3 is 15.0 Å². The Balaban J connectivity index is 1.52. The standard InChI is InChI=1S/C19H23N3O5S/c1-27-16-6-5-15-13-22(10-7-14(15)12-16)28(25,26)11-3-9-21-19(24)17-4-2-8-20-18(17)23/h2,4-6,8,12H,3,7,9-11,13H2,1H3,(H,20,23)(H,21,24). The van der Waals surface area contributed by atoms with Crippen molar-refractivity contribution in [2.75, 3.05) is 26.0 Å². The van der Waals surface area contributed by atoms with Crippen molar-refractivity contribution in [1.82, 2.24) is 14.6 Å². The molecule has 1 amide bonds. The zero-order chi connectivity index (χ0) is 20.1. The van der Waals surface area contributed by atoms with Crippen molar-refractivity contribution in [3.05, 3.63) is 63.6 Å². The van der Waals surface area contributed by atoms with E-state index >= 15 is 0 Å². The van der Waals surface area contributed by atoms with Gasteiger partial charge in [-0.2, -0.15) is 4.31 Å². The van der Waals surface area contributed by atoms with Crippen LogP contribution in [0.5, 0.6) is 5.75 Å². The third-order valence-electron chi connectivity index (χ3n) is 4.71. The Kier molecular flexibility index (Phi) is 6.15. The Labute approximate surface area is 163 Å². The zero-order valence-corrected chi connectivity index (χ0v) is 16.4. The van der Waals surface area contributed by atoms with E-state index in [1.54, 1.807) is 13.2 Å². The van der Waals surface area contributed by atoms with E-state index in [-0.39, 0.29) is 24.3 Å². The molecule has 3 rings (SSSR count). The number of rotatable bonds is 7. The van der Waals surface area contributed by atoms with Gasteiger partial charge in [0.2, 0.25) is 10.0 Å². The molecule has 0 unspecified atom stereocenters. The predicted octanol–water partition coefficient (Wildman–Crippen LogP) is 0.891. The number of aromatic nitrogens is 1. The van der Waals surface area contributed by atoms with Gasteiger partial charge in [-0.3, -0.25) is 9.59 Å². The fourth-order valence-corrected chi connectivity index (χ4v) is 4.62. The highest BCUT2D eigenvalue weighted by molar-refractivity contribution is 7.89. The first-order valence-electron chi connectivity index (χ1n) is 9.00. The van der Waals surface area contributed by atoms with Crippen molar-refractivity contribution >= 4 is 15.9 Å². The summed E-state index contributed by atoms with van der Waals surface area (Å²) in [4.78, 5) is 26.0. The molecule has 0 saturated carbocycles. The number of fused-ring (bicyclic) bond motifs is 1. The summed E-state index contributed by atoms with van der Waals surface area (Å²) < 4.78 is 31.9. The van der Waals surface area contributed by atoms with Crippen LogP contribution in [0.4, 0.5) is 0 Å². The Morgan fingerprint density at radius 1 is 1.29 bits per heavy atom. The van der Waals surface area contributed by atoms with E-state index in [0.29, 0.717) is 19.5 Å². The maximum absolute atomic E-state index is 12.6. The second-order valence-corrected chi connectivity index (χ2v) is 8.65. The van der Waals surface area contributed by atoms with Crippen molar-refractivity contribution in [2.24, 2.45) is 0 Å². The third-order valence-corrected chi connectivity index (χ3v) is 6.61. The number of hydrogen-bond donors (Lipinski definition) is 2. The van der Waals surface area contributed by atoms with Gasteiger partial charge in [0.05, 0.1) is 12.9 Å². The topological polar surface area (TPSA) is 109 Å². The Morgan fingerprint density at radius 3 is 2.86 bits per heavy atom. The molecular formula is C19H23N3O5S. The Hall–Kier alpha value is -2.65. The highest BCUT2D eigenvalue weighted by atomic mass is 32.2.